The molecule has 28 heavy (non-hydrogen) atoms. The van der Waals surface area contributed by atoms with Crippen LogP contribution in [0.15, 0.2) is 85.2 Å². The lowest BCUT2D eigenvalue weighted by Crippen LogP contribution is -2.16. The summed E-state index contributed by atoms with van der Waals surface area (Å²) in [5, 5.41) is 1.91. The molecule has 0 amide bonds. The van der Waals surface area contributed by atoms with Crippen molar-refractivity contribution in [2.75, 3.05) is 0 Å². The number of thiophene rings is 1. The Morgan fingerprint density at radius 2 is 1.68 bits per heavy atom. The van der Waals surface area contributed by atoms with E-state index in [1.54, 1.807) is 6.07 Å². The average Bonchev–Trinajstić information content (AvgIpc) is 3.30. The maximum absolute atomic E-state index is 12.8. The molecule has 0 atom stereocenters. The van der Waals surface area contributed by atoms with Crippen LogP contribution in [-0.2, 0) is 10.0 Å². The average molecular weight is 512 g/mol. The Labute approximate surface area is 183 Å². The van der Waals surface area contributed by atoms with Gasteiger partial charge in [0, 0.05) is 15.5 Å². The number of hydrogen-bond donors (Lipinski definition) is 0. The summed E-state index contributed by atoms with van der Waals surface area (Å²) < 4.78 is 33.0. The summed E-state index contributed by atoms with van der Waals surface area (Å²) in [6.07, 6.45) is 0. The van der Waals surface area contributed by atoms with Gasteiger partial charge in [0.15, 0.2) is 0 Å². The summed E-state index contributed by atoms with van der Waals surface area (Å²) in [6, 6.07) is 20.4. The molecule has 0 aliphatic rings. The SMILES string of the molecule is O=S(=O)(/N=c1\scc(-c2ccc(Br)cc2)n1-c1ccccc1)c1ccc(Cl)s1. The molecular weight excluding hydrogens is 500 g/mol. The number of benzene rings is 2. The molecular formula is C19H12BrClN2O2S3. The quantitative estimate of drug-likeness (QED) is 0.339. The van der Waals surface area contributed by atoms with Crippen LogP contribution < -0.4 is 4.80 Å². The zero-order valence-corrected chi connectivity index (χ0v) is 18.9. The summed E-state index contributed by atoms with van der Waals surface area (Å²) in [5.41, 5.74) is 2.66. The first-order valence-electron chi connectivity index (χ1n) is 8.02. The lowest BCUT2D eigenvalue weighted by atomic mass is 10.1. The van der Waals surface area contributed by atoms with Crippen molar-refractivity contribution in [2.24, 2.45) is 4.40 Å². The van der Waals surface area contributed by atoms with E-state index in [4.69, 9.17) is 11.6 Å². The Bertz CT molecular complexity index is 1290. The highest BCUT2D eigenvalue weighted by Gasteiger charge is 2.18. The molecule has 4 rings (SSSR count). The molecule has 0 fully saturated rings. The minimum absolute atomic E-state index is 0.121. The number of nitrogens with zero attached hydrogens (tertiary/aromatic N) is 2. The molecule has 2 heterocycles. The van der Waals surface area contributed by atoms with E-state index in [-0.39, 0.29) is 4.21 Å². The molecule has 2 aromatic heterocycles. The first-order chi connectivity index (χ1) is 13.4. The second kappa shape index (κ2) is 7.96. The van der Waals surface area contributed by atoms with Crippen LogP contribution in [0.3, 0.4) is 0 Å². The van der Waals surface area contributed by atoms with Crippen molar-refractivity contribution < 1.29 is 8.42 Å². The van der Waals surface area contributed by atoms with E-state index in [1.807, 2.05) is 64.5 Å². The number of aromatic nitrogens is 1. The van der Waals surface area contributed by atoms with Gasteiger partial charge in [-0.05, 0) is 42.0 Å². The topological polar surface area (TPSA) is 51.4 Å². The first kappa shape index (κ1) is 19.6. The summed E-state index contributed by atoms with van der Waals surface area (Å²) in [6.45, 7) is 0. The largest absolute Gasteiger partial charge is 0.294 e. The highest BCUT2D eigenvalue weighted by Crippen LogP contribution is 2.28. The third-order valence-electron chi connectivity index (χ3n) is 3.86. The number of thiazole rings is 1. The predicted molar refractivity (Wildman–Crippen MR) is 119 cm³/mol. The molecule has 2 aromatic carbocycles. The summed E-state index contributed by atoms with van der Waals surface area (Å²) in [5.74, 6) is 0. The van der Waals surface area contributed by atoms with Gasteiger partial charge in [0.25, 0.3) is 10.0 Å². The van der Waals surface area contributed by atoms with Gasteiger partial charge in [-0.1, -0.05) is 57.9 Å². The van der Waals surface area contributed by atoms with Crippen molar-refractivity contribution >= 4 is 60.2 Å². The van der Waals surface area contributed by atoms with Gasteiger partial charge in [-0.25, -0.2) is 0 Å². The minimum atomic E-state index is -3.86. The maximum atomic E-state index is 12.8. The van der Waals surface area contributed by atoms with Crippen molar-refractivity contribution in [3.63, 3.8) is 0 Å². The van der Waals surface area contributed by atoms with Gasteiger partial charge >= 0.3 is 0 Å². The lowest BCUT2D eigenvalue weighted by molar-refractivity contribution is 0.598. The van der Waals surface area contributed by atoms with E-state index in [2.05, 4.69) is 20.3 Å². The molecule has 0 saturated carbocycles. The standard InChI is InChI=1S/C19H12BrClN2O2S3/c20-14-8-6-13(7-9-14)16-12-26-19(23(16)15-4-2-1-3-5-15)22-28(24,25)18-11-10-17(21)27-18/h1-12H/b22-19-. The van der Waals surface area contributed by atoms with Crippen LogP contribution in [0, 0.1) is 0 Å². The second-order valence-corrected chi connectivity index (χ2v) is 11.0. The fraction of sp³-hybridized carbons (Fsp3) is 0. The van der Waals surface area contributed by atoms with Crippen molar-refractivity contribution in [1.29, 1.82) is 0 Å². The van der Waals surface area contributed by atoms with Crippen molar-refractivity contribution in [3.8, 4) is 16.9 Å². The monoisotopic (exact) mass is 510 g/mol. The summed E-state index contributed by atoms with van der Waals surface area (Å²) >= 11 is 11.6. The molecule has 4 aromatic rings. The Kier molecular flexibility index (Phi) is 5.57. The molecule has 0 aliphatic carbocycles. The van der Waals surface area contributed by atoms with Crippen LogP contribution in [0.2, 0.25) is 4.34 Å². The number of halogens is 2. The first-order valence-corrected chi connectivity index (χ1v) is 12.3. The molecule has 0 N–H and O–H groups in total. The smallest absolute Gasteiger partial charge is 0.284 e. The van der Waals surface area contributed by atoms with Crippen LogP contribution in [-0.4, -0.2) is 13.0 Å². The van der Waals surface area contributed by atoms with Gasteiger partial charge in [-0.3, -0.25) is 4.57 Å². The molecule has 4 nitrogen and oxygen atoms in total. The molecule has 0 aliphatic heterocycles. The molecule has 0 spiro atoms. The van der Waals surface area contributed by atoms with E-state index in [0.29, 0.717) is 9.14 Å². The summed E-state index contributed by atoms with van der Waals surface area (Å²) in [4.78, 5) is 0.369. The van der Waals surface area contributed by atoms with Gasteiger partial charge in [0.1, 0.15) is 4.21 Å². The third kappa shape index (κ3) is 4.01. The van der Waals surface area contributed by atoms with Gasteiger partial charge in [-0.15, -0.1) is 27.1 Å². The lowest BCUT2D eigenvalue weighted by Gasteiger charge is -2.09. The van der Waals surface area contributed by atoms with Crippen LogP contribution in [0.25, 0.3) is 16.9 Å². The summed E-state index contributed by atoms with van der Waals surface area (Å²) in [7, 11) is -3.86. The van der Waals surface area contributed by atoms with Crippen LogP contribution >= 0.6 is 50.2 Å². The van der Waals surface area contributed by atoms with Crippen LogP contribution in [0.1, 0.15) is 0 Å². The highest BCUT2D eigenvalue weighted by atomic mass is 79.9. The van der Waals surface area contributed by atoms with E-state index in [1.165, 1.54) is 17.4 Å². The zero-order valence-electron chi connectivity index (χ0n) is 14.1. The number of para-hydroxylation sites is 1. The van der Waals surface area contributed by atoms with E-state index < -0.39 is 10.0 Å². The van der Waals surface area contributed by atoms with Gasteiger partial charge < -0.3 is 0 Å². The van der Waals surface area contributed by atoms with E-state index >= 15 is 0 Å². The van der Waals surface area contributed by atoms with E-state index in [9.17, 15) is 8.42 Å². The zero-order chi connectivity index (χ0) is 19.7. The normalized spacial score (nSPS) is 12.4. The highest BCUT2D eigenvalue weighted by molar-refractivity contribution is 9.10. The molecule has 9 heteroatoms. The third-order valence-corrected chi connectivity index (χ3v) is 8.30. The van der Waals surface area contributed by atoms with Gasteiger partial charge in [0.05, 0.1) is 10.0 Å². The van der Waals surface area contributed by atoms with Gasteiger partial charge in [-0.2, -0.15) is 8.42 Å². The van der Waals surface area contributed by atoms with Crippen molar-refractivity contribution in [1.82, 2.24) is 4.57 Å². The fourth-order valence-corrected chi connectivity index (χ4v) is 6.44. The molecule has 0 unspecified atom stereocenters. The second-order valence-electron chi connectivity index (χ2n) is 5.71. The molecule has 0 bridgehead atoms. The molecule has 0 radical (unpaired) electrons. The number of rotatable bonds is 4. The molecule has 142 valence electrons. The number of hydrogen-bond acceptors (Lipinski definition) is 4. The number of sulfonamides is 1. The minimum Gasteiger partial charge on any atom is -0.284 e. The van der Waals surface area contributed by atoms with Gasteiger partial charge in [0.2, 0.25) is 4.80 Å². The maximum Gasteiger partial charge on any atom is 0.294 e. The van der Waals surface area contributed by atoms with Crippen LogP contribution in [0.4, 0.5) is 0 Å². The Morgan fingerprint density at radius 1 is 0.964 bits per heavy atom. The Hall–Kier alpha value is -1.71. The fourth-order valence-electron chi connectivity index (χ4n) is 2.61. The van der Waals surface area contributed by atoms with Crippen molar-refractivity contribution in [3.05, 3.63) is 85.7 Å². The Balaban J connectivity index is 1.95. The van der Waals surface area contributed by atoms with Crippen LogP contribution in [0.5, 0.6) is 0 Å². The van der Waals surface area contributed by atoms with Crippen molar-refractivity contribution in [2.45, 2.75) is 4.21 Å². The molecule has 0 saturated heterocycles. The van der Waals surface area contributed by atoms with E-state index in [0.717, 1.165) is 32.8 Å². The Morgan fingerprint density at radius 3 is 2.32 bits per heavy atom. The predicted octanol–water partition coefficient (Wildman–Crippen LogP) is 5.97.